The van der Waals surface area contributed by atoms with Crippen molar-refractivity contribution in [3.05, 3.63) is 53.3 Å². The van der Waals surface area contributed by atoms with Crippen LogP contribution in [0.3, 0.4) is 0 Å². The van der Waals surface area contributed by atoms with E-state index in [1.165, 1.54) is 17.8 Å². The summed E-state index contributed by atoms with van der Waals surface area (Å²) < 4.78 is 19.6. The number of benzene rings is 2. The van der Waals surface area contributed by atoms with E-state index in [9.17, 15) is 14.3 Å². The quantitative estimate of drug-likeness (QED) is 0.843. The van der Waals surface area contributed by atoms with Crippen LogP contribution in [0.4, 0.5) is 10.1 Å². The third-order valence-electron chi connectivity index (χ3n) is 3.71. The molecule has 0 saturated carbocycles. The second kappa shape index (κ2) is 6.60. The van der Waals surface area contributed by atoms with Crippen LogP contribution in [0.25, 0.3) is 0 Å². The van der Waals surface area contributed by atoms with Gasteiger partial charge in [-0.3, -0.25) is 4.79 Å². The molecule has 0 saturated heterocycles. The van der Waals surface area contributed by atoms with E-state index in [0.717, 1.165) is 0 Å². The number of rotatable bonds is 3. The van der Waals surface area contributed by atoms with Crippen molar-refractivity contribution in [2.45, 2.75) is 17.4 Å². The van der Waals surface area contributed by atoms with Gasteiger partial charge in [0.2, 0.25) is 0 Å². The highest BCUT2D eigenvalue weighted by Crippen LogP contribution is 2.38. The molecule has 2 N–H and O–H groups in total. The summed E-state index contributed by atoms with van der Waals surface area (Å²) in [6.45, 7) is 0.372. The van der Waals surface area contributed by atoms with Crippen molar-refractivity contribution in [2.75, 3.05) is 18.2 Å². The zero-order valence-corrected chi connectivity index (χ0v) is 13.3. The smallest absolute Gasteiger partial charge is 0.259 e. The lowest BCUT2D eigenvalue weighted by molar-refractivity contribution is 0.101. The molecule has 4 nitrogen and oxygen atoms in total. The standard InChI is InChI=1S/C17H16FNO3S/c1-23-14-7-3-5-11(18)15(14)17(21)19-12-6-2-4-10-13(20)8-9-22-16(10)12/h2-7,13,20H,8-9H2,1H3,(H,19,21). The zero-order chi connectivity index (χ0) is 16.4. The maximum absolute atomic E-state index is 14.0. The molecule has 1 aliphatic heterocycles. The monoisotopic (exact) mass is 333 g/mol. The first kappa shape index (κ1) is 15.8. The third-order valence-corrected chi connectivity index (χ3v) is 4.49. The second-order valence-corrected chi connectivity index (χ2v) is 6.00. The van der Waals surface area contributed by atoms with E-state index in [2.05, 4.69) is 5.32 Å². The molecule has 1 amide bonds. The summed E-state index contributed by atoms with van der Waals surface area (Å²) in [6, 6.07) is 9.68. The molecule has 23 heavy (non-hydrogen) atoms. The van der Waals surface area contributed by atoms with Gasteiger partial charge in [0.05, 0.1) is 24.0 Å². The van der Waals surface area contributed by atoms with Gasteiger partial charge in [0, 0.05) is 16.9 Å². The maximum atomic E-state index is 14.0. The Morgan fingerprint density at radius 2 is 2.13 bits per heavy atom. The van der Waals surface area contributed by atoms with E-state index >= 15 is 0 Å². The van der Waals surface area contributed by atoms with Gasteiger partial charge in [-0.15, -0.1) is 11.8 Å². The third kappa shape index (κ3) is 3.04. The molecule has 1 unspecified atom stereocenters. The predicted octanol–water partition coefficient (Wildman–Crippen LogP) is 3.62. The van der Waals surface area contributed by atoms with Crippen LogP contribution in [0.5, 0.6) is 5.75 Å². The van der Waals surface area contributed by atoms with Gasteiger partial charge < -0.3 is 15.2 Å². The molecule has 0 aliphatic carbocycles. The Hall–Kier alpha value is -2.05. The fourth-order valence-electron chi connectivity index (χ4n) is 2.58. The van der Waals surface area contributed by atoms with E-state index in [1.54, 1.807) is 36.6 Å². The van der Waals surface area contributed by atoms with Crippen LogP contribution in [0, 0.1) is 5.82 Å². The van der Waals surface area contributed by atoms with E-state index in [-0.39, 0.29) is 5.56 Å². The highest BCUT2D eigenvalue weighted by atomic mass is 32.2. The lowest BCUT2D eigenvalue weighted by Crippen LogP contribution is -2.19. The molecule has 0 fully saturated rings. The molecule has 3 rings (SSSR count). The van der Waals surface area contributed by atoms with Crippen LogP contribution in [0.15, 0.2) is 41.3 Å². The maximum Gasteiger partial charge on any atom is 0.259 e. The highest BCUT2D eigenvalue weighted by Gasteiger charge is 2.24. The number of hydrogen-bond donors (Lipinski definition) is 2. The van der Waals surface area contributed by atoms with E-state index in [0.29, 0.717) is 34.9 Å². The Morgan fingerprint density at radius 1 is 1.35 bits per heavy atom. The normalized spacial score (nSPS) is 16.4. The number of carbonyl (C=O) groups is 1. The summed E-state index contributed by atoms with van der Waals surface area (Å²) in [6.07, 6.45) is 1.68. The Labute approximate surface area is 137 Å². The van der Waals surface area contributed by atoms with Crippen molar-refractivity contribution in [3.63, 3.8) is 0 Å². The summed E-state index contributed by atoms with van der Waals surface area (Å²) in [5.41, 5.74) is 1.07. The molecule has 0 bridgehead atoms. The molecule has 120 valence electrons. The lowest BCUT2D eigenvalue weighted by Gasteiger charge is -2.24. The molecular weight excluding hydrogens is 317 g/mol. The van der Waals surface area contributed by atoms with Crippen molar-refractivity contribution >= 4 is 23.4 Å². The minimum Gasteiger partial charge on any atom is -0.491 e. The number of aliphatic hydroxyl groups excluding tert-OH is 1. The number of nitrogens with one attached hydrogen (secondary N) is 1. The topological polar surface area (TPSA) is 58.6 Å². The van der Waals surface area contributed by atoms with Gasteiger partial charge in [-0.1, -0.05) is 18.2 Å². The molecular formula is C17H16FNO3S. The number of anilines is 1. The van der Waals surface area contributed by atoms with Crippen LogP contribution < -0.4 is 10.1 Å². The van der Waals surface area contributed by atoms with Gasteiger partial charge in [-0.05, 0) is 24.5 Å². The van der Waals surface area contributed by atoms with Gasteiger partial charge in [0.25, 0.3) is 5.91 Å². The Kier molecular flexibility index (Phi) is 4.54. The number of fused-ring (bicyclic) bond motifs is 1. The van der Waals surface area contributed by atoms with Gasteiger partial charge in [-0.25, -0.2) is 4.39 Å². The summed E-state index contributed by atoms with van der Waals surface area (Å²) >= 11 is 1.31. The van der Waals surface area contributed by atoms with Crippen molar-refractivity contribution < 1.29 is 19.0 Å². The van der Waals surface area contributed by atoms with Crippen molar-refractivity contribution in [1.82, 2.24) is 0 Å². The van der Waals surface area contributed by atoms with Crippen molar-refractivity contribution in [3.8, 4) is 5.75 Å². The Morgan fingerprint density at radius 3 is 2.91 bits per heavy atom. The molecule has 0 spiro atoms. The van der Waals surface area contributed by atoms with E-state index in [1.807, 2.05) is 0 Å². The van der Waals surface area contributed by atoms with Crippen LogP contribution in [0.1, 0.15) is 28.4 Å². The van der Waals surface area contributed by atoms with Crippen molar-refractivity contribution in [2.24, 2.45) is 0 Å². The van der Waals surface area contributed by atoms with Crippen LogP contribution in [0.2, 0.25) is 0 Å². The Balaban J connectivity index is 1.95. The number of hydrogen-bond acceptors (Lipinski definition) is 4. The highest BCUT2D eigenvalue weighted by molar-refractivity contribution is 7.98. The number of amides is 1. The average molecular weight is 333 g/mol. The number of halogens is 1. The SMILES string of the molecule is CSc1cccc(F)c1C(=O)Nc1cccc2c1OCCC2O. The molecule has 0 aromatic heterocycles. The first-order chi connectivity index (χ1) is 11.1. The van der Waals surface area contributed by atoms with E-state index in [4.69, 9.17) is 4.74 Å². The molecule has 1 atom stereocenters. The minimum atomic E-state index is -0.620. The van der Waals surface area contributed by atoms with Crippen LogP contribution in [-0.2, 0) is 0 Å². The first-order valence-corrected chi connectivity index (χ1v) is 8.42. The van der Waals surface area contributed by atoms with Crippen LogP contribution in [-0.4, -0.2) is 23.9 Å². The summed E-state index contributed by atoms with van der Waals surface area (Å²) in [7, 11) is 0. The Bertz CT molecular complexity index is 751. The lowest BCUT2D eigenvalue weighted by atomic mass is 10.0. The summed E-state index contributed by atoms with van der Waals surface area (Å²) in [5.74, 6) is -0.661. The average Bonchev–Trinajstić information content (AvgIpc) is 2.55. The van der Waals surface area contributed by atoms with E-state index < -0.39 is 17.8 Å². The van der Waals surface area contributed by atoms with Gasteiger partial charge in [0.15, 0.2) is 0 Å². The largest absolute Gasteiger partial charge is 0.491 e. The molecule has 0 radical (unpaired) electrons. The molecule has 1 heterocycles. The van der Waals surface area contributed by atoms with Crippen molar-refractivity contribution in [1.29, 1.82) is 0 Å². The molecule has 2 aromatic rings. The molecule has 6 heteroatoms. The zero-order valence-electron chi connectivity index (χ0n) is 12.5. The fraction of sp³-hybridized carbons (Fsp3) is 0.235. The van der Waals surface area contributed by atoms with Gasteiger partial charge in [-0.2, -0.15) is 0 Å². The van der Waals surface area contributed by atoms with Gasteiger partial charge >= 0.3 is 0 Å². The fourth-order valence-corrected chi connectivity index (χ4v) is 3.19. The summed E-state index contributed by atoms with van der Waals surface area (Å²) in [4.78, 5) is 13.1. The van der Waals surface area contributed by atoms with Gasteiger partial charge in [0.1, 0.15) is 11.6 Å². The minimum absolute atomic E-state index is 0.00830. The number of para-hydroxylation sites is 1. The number of aliphatic hydroxyl groups is 1. The number of ether oxygens (including phenoxy) is 1. The molecule has 2 aromatic carbocycles. The first-order valence-electron chi connectivity index (χ1n) is 7.19. The molecule has 1 aliphatic rings. The number of carbonyl (C=O) groups excluding carboxylic acids is 1. The van der Waals surface area contributed by atoms with Crippen LogP contribution >= 0.6 is 11.8 Å². The summed E-state index contributed by atoms with van der Waals surface area (Å²) in [5, 5.41) is 12.7. The predicted molar refractivity (Wildman–Crippen MR) is 87.6 cm³/mol. The number of thioether (sulfide) groups is 1. The second-order valence-electron chi connectivity index (χ2n) is 5.15.